The number of amides is 1. The molecule has 2 aromatic carbocycles. The summed E-state index contributed by atoms with van der Waals surface area (Å²) in [5, 5.41) is 10.9. The summed E-state index contributed by atoms with van der Waals surface area (Å²) in [5.74, 6) is -0.192. The number of hydrogen-bond donors (Lipinski definition) is 1. The van der Waals surface area contributed by atoms with Crippen LogP contribution in [0.5, 0.6) is 0 Å². The van der Waals surface area contributed by atoms with Crippen molar-refractivity contribution in [3.05, 3.63) is 77.1 Å². The molecule has 0 spiro atoms. The maximum Gasteiger partial charge on any atom is 0.273 e. The summed E-state index contributed by atoms with van der Waals surface area (Å²) in [6.45, 7) is 4.73. The molecule has 1 aromatic heterocycles. The molecule has 0 aliphatic heterocycles. The van der Waals surface area contributed by atoms with E-state index in [0.29, 0.717) is 12.2 Å². The number of carbonyl (C=O) groups excluding carboxylic acids is 1. The predicted octanol–water partition coefficient (Wildman–Crippen LogP) is 3.25. The lowest BCUT2D eigenvalue weighted by molar-refractivity contribution is 0.0948. The Morgan fingerprint density at radius 1 is 1.08 bits per heavy atom. The molecule has 0 aliphatic carbocycles. The Bertz CT molecular complexity index is 855. The summed E-state index contributed by atoms with van der Waals surface area (Å²) in [5.41, 5.74) is 4.91. The van der Waals surface area contributed by atoms with Gasteiger partial charge in [-0.3, -0.25) is 4.79 Å². The highest BCUT2D eigenvalue weighted by Crippen LogP contribution is 2.13. The molecule has 0 aliphatic rings. The Hall–Kier alpha value is -2.95. The predicted molar refractivity (Wildman–Crippen MR) is 97.9 cm³/mol. The van der Waals surface area contributed by atoms with Gasteiger partial charge in [0.1, 0.15) is 0 Å². The van der Waals surface area contributed by atoms with Crippen molar-refractivity contribution in [3.63, 3.8) is 0 Å². The maximum absolute atomic E-state index is 12.2. The van der Waals surface area contributed by atoms with Gasteiger partial charge < -0.3 is 5.32 Å². The lowest BCUT2D eigenvalue weighted by Gasteiger charge is -2.04. The Balaban J connectivity index is 1.54. The van der Waals surface area contributed by atoms with E-state index in [-0.39, 0.29) is 5.91 Å². The maximum atomic E-state index is 12.2. The second-order valence-electron chi connectivity index (χ2n) is 6.16. The van der Waals surface area contributed by atoms with Crippen LogP contribution in [0.15, 0.2) is 54.7 Å². The highest BCUT2D eigenvalue weighted by Gasteiger charge is 2.11. The van der Waals surface area contributed by atoms with E-state index in [2.05, 4.69) is 41.6 Å². The second-order valence-corrected chi connectivity index (χ2v) is 6.16. The van der Waals surface area contributed by atoms with E-state index >= 15 is 0 Å². The van der Waals surface area contributed by atoms with E-state index in [9.17, 15) is 4.79 Å². The quantitative estimate of drug-likeness (QED) is 0.704. The van der Waals surface area contributed by atoms with E-state index in [0.717, 1.165) is 18.5 Å². The van der Waals surface area contributed by atoms with Gasteiger partial charge in [-0.05, 0) is 55.5 Å². The molecule has 0 atom stereocenters. The highest BCUT2D eigenvalue weighted by molar-refractivity contribution is 5.91. The second kappa shape index (κ2) is 7.75. The number of hydrogen-bond acceptors (Lipinski definition) is 3. The minimum Gasteiger partial charge on any atom is -0.351 e. The first-order chi connectivity index (χ1) is 12.1. The van der Waals surface area contributed by atoms with Gasteiger partial charge >= 0.3 is 0 Å². The van der Waals surface area contributed by atoms with Crippen LogP contribution in [0, 0.1) is 13.8 Å². The van der Waals surface area contributed by atoms with Crippen LogP contribution in [0.25, 0.3) is 5.69 Å². The molecular formula is C20H22N4O. The molecule has 0 saturated heterocycles. The molecule has 1 heterocycles. The topological polar surface area (TPSA) is 59.8 Å². The Labute approximate surface area is 147 Å². The summed E-state index contributed by atoms with van der Waals surface area (Å²) in [4.78, 5) is 12.2. The van der Waals surface area contributed by atoms with E-state index < -0.39 is 0 Å². The van der Waals surface area contributed by atoms with Crippen LogP contribution >= 0.6 is 0 Å². The molecule has 0 radical (unpaired) electrons. The number of carbonyl (C=O) groups is 1. The average molecular weight is 334 g/mol. The van der Waals surface area contributed by atoms with Crippen LogP contribution in [0.2, 0.25) is 0 Å². The highest BCUT2D eigenvalue weighted by atomic mass is 16.2. The molecule has 0 fully saturated rings. The van der Waals surface area contributed by atoms with Crippen molar-refractivity contribution in [2.45, 2.75) is 26.7 Å². The molecular weight excluding hydrogens is 312 g/mol. The zero-order valence-corrected chi connectivity index (χ0v) is 14.6. The molecule has 0 unspecified atom stereocenters. The summed E-state index contributed by atoms with van der Waals surface area (Å²) in [6.07, 6.45) is 3.49. The summed E-state index contributed by atoms with van der Waals surface area (Å²) >= 11 is 0. The number of benzene rings is 2. The van der Waals surface area contributed by atoms with Gasteiger partial charge in [-0.2, -0.15) is 0 Å². The fourth-order valence-electron chi connectivity index (χ4n) is 2.59. The standard InChI is InChI=1S/C20H22N4O/c1-15-10-11-18(13-16(15)2)24-14-19(22-23-24)20(25)21-12-6-9-17-7-4-3-5-8-17/h3-5,7-8,10-11,13-14H,6,9,12H2,1-2H3,(H,21,25). The normalized spacial score (nSPS) is 10.6. The molecule has 25 heavy (non-hydrogen) atoms. The monoisotopic (exact) mass is 334 g/mol. The Kier molecular flexibility index (Phi) is 5.23. The molecule has 5 nitrogen and oxygen atoms in total. The number of nitrogens with zero attached hydrogens (tertiary/aromatic N) is 3. The first kappa shape index (κ1) is 16.9. The third-order valence-electron chi connectivity index (χ3n) is 4.25. The van der Waals surface area contributed by atoms with Crippen LogP contribution in [0.3, 0.4) is 0 Å². The number of nitrogens with one attached hydrogen (secondary N) is 1. The van der Waals surface area contributed by atoms with E-state index in [4.69, 9.17) is 0 Å². The molecule has 1 amide bonds. The smallest absolute Gasteiger partial charge is 0.273 e. The van der Waals surface area contributed by atoms with Crippen LogP contribution in [0.1, 0.15) is 33.6 Å². The molecule has 128 valence electrons. The van der Waals surface area contributed by atoms with Gasteiger partial charge in [-0.15, -0.1) is 5.10 Å². The van der Waals surface area contributed by atoms with Gasteiger partial charge in [-0.1, -0.05) is 41.6 Å². The van der Waals surface area contributed by atoms with Crippen LogP contribution in [0.4, 0.5) is 0 Å². The van der Waals surface area contributed by atoms with Crippen LogP contribution < -0.4 is 5.32 Å². The largest absolute Gasteiger partial charge is 0.351 e. The summed E-state index contributed by atoms with van der Waals surface area (Å²) in [7, 11) is 0. The van der Waals surface area contributed by atoms with Crippen LogP contribution in [-0.2, 0) is 6.42 Å². The van der Waals surface area contributed by atoms with Gasteiger partial charge in [0.2, 0.25) is 0 Å². The van der Waals surface area contributed by atoms with E-state index in [1.54, 1.807) is 10.9 Å². The van der Waals surface area contributed by atoms with Crippen molar-refractivity contribution in [3.8, 4) is 5.69 Å². The Morgan fingerprint density at radius 2 is 1.88 bits per heavy atom. The van der Waals surface area contributed by atoms with Crippen molar-refractivity contribution in [2.75, 3.05) is 6.54 Å². The van der Waals surface area contributed by atoms with Gasteiger partial charge in [0, 0.05) is 6.54 Å². The minimum absolute atomic E-state index is 0.192. The fourth-order valence-corrected chi connectivity index (χ4v) is 2.59. The summed E-state index contributed by atoms with van der Waals surface area (Å²) in [6, 6.07) is 16.3. The van der Waals surface area contributed by atoms with Crippen LogP contribution in [-0.4, -0.2) is 27.4 Å². The van der Waals surface area contributed by atoms with Gasteiger partial charge in [-0.25, -0.2) is 4.68 Å². The minimum atomic E-state index is -0.192. The fraction of sp³-hybridized carbons (Fsp3) is 0.250. The van der Waals surface area contributed by atoms with Crippen molar-refractivity contribution < 1.29 is 4.79 Å². The molecule has 1 N–H and O–H groups in total. The third-order valence-corrected chi connectivity index (χ3v) is 4.25. The zero-order chi connectivity index (χ0) is 17.6. The third kappa shape index (κ3) is 4.32. The average Bonchev–Trinajstić information content (AvgIpc) is 3.12. The number of aryl methyl sites for hydroxylation is 3. The van der Waals surface area contributed by atoms with E-state index in [1.165, 1.54) is 16.7 Å². The first-order valence-electron chi connectivity index (χ1n) is 8.45. The van der Waals surface area contributed by atoms with Gasteiger partial charge in [0.15, 0.2) is 5.69 Å². The molecule has 3 rings (SSSR count). The Morgan fingerprint density at radius 3 is 2.64 bits per heavy atom. The van der Waals surface area contributed by atoms with Gasteiger partial charge in [0.05, 0.1) is 11.9 Å². The first-order valence-corrected chi connectivity index (χ1v) is 8.45. The van der Waals surface area contributed by atoms with E-state index in [1.807, 2.05) is 36.4 Å². The SMILES string of the molecule is Cc1ccc(-n2cc(C(=O)NCCCc3ccccc3)nn2)cc1C. The number of aromatic nitrogens is 3. The molecule has 0 bridgehead atoms. The van der Waals surface area contributed by atoms with Crippen molar-refractivity contribution in [1.82, 2.24) is 20.3 Å². The lowest BCUT2D eigenvalue weighted by Crippen LogP contribution is -2.25. The number of rotatable bonds is 6. The summed E-state index contributed by atoms with van der Waals surface area (Å²) < 4.78 is 1.63. The molecule has 3 aromatic rings. The lowest BCUT2D eigenvalue weighted by atomic mass is 10.1. The van der Waals surface area contributed by atoms with Crippen molar-refractivity contribution in [1.29, 1.82) is 0 Å². The molecule has 5 heteroatoms. The zero-order valence-electron chi connectivity index (χ0n) is 14.6. The van der Waals surface area contributed by atoms with Gasteiger partial charge in [0.25, 0.3) is 5.91 Å². The van der Waals surface area contributed by atoms with Crippen molar-refractivity contribution >= 4 is 5.91 Å². The molecule has 0 saturated carbocycles. The van der Waals surface area contributed by atoms with Crippen molar-refractivity contribution in [2.24, 2.45) is 0 Å².